The lowest BCUT2D eigenvalue weighted by molar-refractivity contribution is -0.138. The van der Waals surface area contributed by atoms with E-state index >= 15 is 0 Å². The van der Waals surface area contributed by atoms with Crippen molar-refractivity contribution < 1.29 is 9.90 Å². The van der Waals surface area contributed by atoms with E-state index in [1.165, 1.54) is 6.20 Å². The highest BCUT2D eigenvalue weighted by Gasteiger charge is 2.14. The van der Waals surface area contributed by atoms with Crippen LogP contribution in [0.3, 0.4) is 0 Å². The number of nitrogens with two attached hydrogens (primary N) is 1. The molecular formula is C8H8N4O2. The fourth-order valence-corrected chi connectivity index (χ4v) is 1.14. The third-order valence-electron chi connectivity index (χ3n) is 1.89. The van der Waals surface area contributed by atoms with Gasteiger partial charge in [0.05, 0.1) is 0 Å². The molecule has 0 amide bonds. The summed E-state index contributed by atoms with van der Waals surface area (Å²) in [6.45, 7) is 0. The maximum absolute atomic E-state index is 10.6. The zero-order valence-corrected chi connectivity index (χ0v) is 7.16. The molecule has 1 unspecified atom stereocenters. The summed E-state index contributed by atoms with van der Waals surface area (Å²) in [6, 6.07) is -1.05. The minimum absolute atomic E-state index is 0.447. The quantitative estimate of drug-likeness (QED) is 0.688. The number of rotatable bonds is 2. The van der Waals surface area contributed by atoms with Crippen molar-refractivity contribution in [3.63, 3.8) is 0 Å². The Hall–Kier alpha value is -1.95. The molecule has 0 aliphatic rings. The summed E-state index contributed by atoms with van der Waals surface area (Å²) in [4.78, 5) is 18.5. The number of carboxylic acids is 1. The maximum Gasteiger partial charge on any atom is 0.325 e. The third kappa shape index (κ3) is 1.31. The largest absolute Gasteiger partial charge is 0.480 e. The zero-order chi connectivity index (χ0) is 10.1. The van der Waals surface area contributed by atoms with E-state index in [-0.39, 0.29) is 0 Å². The van der Waals surface area contributed by atoms with Gasteiger partial charge in [-0.15, -0.1) is 0 Å². The molecule has 0 bridgehead atoms. The zero-order valence-electron chi connectivity index (χ0n) is 7.16. The number of hydrogen-bond acceptors (Lipinski definition) is 4. The van der Waals surface area contributed by atoms with Gasteiger partial charge in [-0.1, -0.05) is 0 Å². The van der Waals surface area contributed by atoms with Crippen molar-refractivity contribution in [3.8, 4) is 0 Å². The number of imidazole rings is 1. The van der Waals surface area contributed by atoms with Crippen molar-refractivity contribution in [1.29, 1.82) is 0 Å². The molecule has 0 saturated carbocycles. The highest BCUT2D eigenvalue weighted by molar-refractivity contribution is 5.74. The van der Waals surface area contributed by atoms with Gasteiger partial charge in [0.1, 0.15) is 6.04 Å². The number of aromatic nitrogens is 3. The molecule has 0 aliphatic heterocycles. The van der Waals surface area contributed by atoms with Crippen molar-refractivity contribution in [2.45, 2.75) is 6.04 Å². The number of fused-ring (bicyclic) bond motifs is 1. The first-order valence-electron chi connectivity index (χ1n) is 3.95. The predicted molar refractivity (Wildman–Crippen MR) is 47.6 cm³/mol. The smallest absolute Gasteiger partial charge is 0.325 e. The first-order valence-corrected chi connectivity index (χ1v) is 3.95. The topological polar surface area (TPSA) is 93.5 Å². The van der Waals surface area contributed by atoms with E-state index in [0.29, 0.717) is 11.3 Å². The molecule has 0 aromatic carbocycles. The van der Waals surface area contributed by atoms with Gasteiger partial charge in [-0.2, -0.15) is 0 Å². The summed E-state index contributed by atoms with van der Waals surface area (Å²) in [5, 5.41) is 8.68. The fraction of sp³-hybridized carbons (Fsp3) is 0.125. The predicted octanol–water partition coefficient (Wildman–Crippen LogP) is -0.186. The van der Waals surface area contributed by atoms with Crippen molar-refractivity contribution >= 4 is 11.7 Å². The molecule has 2 aromatic rings. The molecule has 0 aliphatic carbocycles. The average molecular weight is 192 g/mol. The lowest BCUT2D eigenvalue weighted by Crippen LogP contribution is -2.21. The molecule has 1 atom stereocenters. The summed E-state index contributed by atoms with van der Waals surface area (Å²) >= 11 is 0. The standard InChI is InChI=1S/C8H8N4O2/c9-6(7(13)14)5-3-11-8-10-1-2-12(8)4-5/h1-4,6H,9H2,(H,13,14). The van der Waals surface area contributed by atoms with Gasteiger partial charge in [0.2, 0.25) is 5.78 Å². The van der Waals surface area contributed by atoms with Crippen LogP contribution in [-0.4, -0.2) is 25.4 Å². The minimum Gasteiger partial charge on any atom is -0.480 e. The number of aliphatic carboxylic acids is 1. The third-order valence-corrected chi connectivity index (χ3v) is 1.89. The van der Waals surface area contributed by atoms with Crippen LogP contribution in [0.1, 0.15) is 11.6 Å². The van der Waals surface area contributed by atoms with Gasteiger partial charge in [-0.25, -0.2) is 9.97 Å². The van der Waals surface area contributed by atoms with E-state index in [0.717, 1.165) is 0 Å². The van der Waals surface area contributed by atoms with E-state index < -0.39 is 12.0 Å². The molecule has 2 aromatic heterocycles. The van der Waals surface area contributed by atoms with E-state index in [1.54, 1.807) is 23.0 Å². The van der Waals surface area contributed by atoms with Crippen LogP contribution in [0.15, 0.2) is 24.8 Å². The van der Waals surface area contributed by atoms with Crippen molar-refractivity contribution in [3.05, 3.63) is 30.4 Å². The Kier molecular flexibility index (Phi) is 1.90. The van der Waals surface area contributed by atoms with Crippen molar-refractivity contribution in [2.24, 2.45) is 5.73 Å². The summed E-state index contributed by atoms with van der Waals surface area (Å²) in [6.07, 6.45) is 6.29. The normalized spacial score (nSPS) is 12.9. The Bertz CT molecular complexity index is 479. The Labute approximate surface area is 79.0 Å². The Morgan fingerprint density at radius 2 is 2.36 bits per heavy atom. The van der Waals surface area contributed by atoms with Crippen LogP contribution >= 0.6 is 0 Å². The van der Waals surface area contributed by atoms with Gasteiger partial charge >= 0.3 is 5.97 Å². The summed E-state index contributed by atoms with van der Waals surface area (Å²) < 4.78 is 1.62. The highest BCUT2D eigenvalue weighted by Crippen LogP contribution is 2.09. The van der Waals surface area contributed by atoms with Crippen molar-refractivity contribution in [2.75, 3.05) is 0 Å². The van der Waals surface area contributed by atoms with Crippen LogP contribution in [0, 0.1) is 0 Å². The van der Waals surface area contributed by atoms with E-state index in [4.69, 9.17) is 10.8 Å². The van der Waals surface area contributed by atoms with Gasteiger partial charge in [0.25, 0.3) is 0 Å². The van der Waals surface area contributed by atoms with Gasteiger partial charge in [0.15, 0.2) is 0 Å². The molecular weight excluding hydrogens is 184 g/mol. The van der Waals surface area contributed by atoms with E-state index in [9.17, 15) is 4.79 Å². The Morgan fingerprint density at radius 1 is 1.57 bits per heavy atom. The Morgan fingerprint density at radius 3 is 3.07 bits per heavy atom. The van der Waals surface area contributed by atoms with E-state index in [1.807, 2.05) is 0 Å². The second-order valence-electron chi connectivity index (χ2n) is 2.84. The number of nitrogens with zero attached hydrogens (tertiary/aromatic N) is 3. The summed E-state index contributed by atoms with van der Waals surface area (Å²) in [5.41, 5.74) is 5.87. The molecule has 0 spiro atoms. The molecule has 72 valence electrons. The van der Waals surface area contributed by atoms with Crippen LogP contribution in [0.4, 0.5) is 0 Å². The number of carbonyl (C=O) groups is 1. The van der Waals surface area contributed by atoms with Crippen LogP contribution in [-0.2, 0) is 4.79 Å². The summed E-state index contributed by atoms with van der Waals surface area (Å²) in [7, 11) is 0. The second-order valence-corrected chi connectivity index (χ2v) is 2.84. The minimum atomic E-state index is -1.08. The van der Waals surface area contributed by atoms with Gasteiger partial charge in [-0.05, 0) is 0 Å². The second kappa shape index (κ2) is 3.08. The lowest BCUT2D eigenvalue weighted by Gasteiger charge is -2.05. The molecule has 0 saturated heterocycles. The van der Waals surface area contributed by atoms with E-state index in [2.05, 4.69) is 9.97 Å². The lowest BCUT2D eigenvalue weighted by atomic mass is 10.2. The van der Waals surface area contributed by atoms with Crippen LogP contribution in [0.25, 0.3) is 5.78 Å². The fourth-order valence-electron chi connectivity index (χ4n) is 1.14. The first-order chi connectivity index (χ1) is 6.68. The maximum atomic E-state index is 10.6. The van der Waals surface area contributed by atoms with Crippen LogP contribution in [0.5, 0.6) is 0 Å². The molecule has 14 heavy (non-hydrogen) atoms. The Balaban J connectivity index is 2.48. The number of hydrogen-bond donors (Lipinski definition) is 2. The van der Waals surface area contributed by atoms with Crippen LogP contribution in [0.2, 0.25) is 0 Å². The molecule has 6 nitrogen and oxygen atoms in total. The first kappa shape index (κ1) is 8.64. The average Bonchev–Trinajstić information content (AvgIpc) is 2.62. The monoisotopic (exact) mass is 192 g/mol. The number of carboxylic acid groups (broad SMARTS) is 1. The van der Waals surface area contributed by atoms with Crippen molar-refractivity contribution in [1.82, 2.24) is 14.4 Å². The molecule has 3 N–H and O–H groups in total. The van der Waals surface area contributed by atoms with Gasteiger partial charge in [-0.3, -0.25) is 9.20 Å². The molecule has 0 radical (unpaired) electrons. The molecule has 6 heteroatoms. The van der Waals surface area contributed by atoms with Gasteiger partial charge < -0.3 is 10.8 Å². The highest BCUT2D eigenvalue weighted by atomic mass is 16.4. The summed E-state index contributed by atoms with van der Waals surface area (Å²) in [5.74, 6) is -0.558. The SMILES string of the molecule is NC(C(=O)O)c1cnc2nccn2c1. The van der Waals surface area contributed by atoms with Gasteiger partial charge in [0, 0.05) is 30.4 Å². The van der Waals surface area contributed by atoms with Crippen LogP contribution < -0.4 is 5.73 Å². The molecule has 2 heterocycles. The molecule has 2 rings (SSSR count). The molecule has 0 fully saturated rings.